The molecule has 0 aliphatic heterocycles. The van der Waals surface area contributed by atoms with Crippen LogP contribution in [0.1, 0.15) is 39.3 Å². The molecule has 3 heterocycles. The third-order valence-electron chi connectivity index (χ3n) is 5.78. The van der Waals surface area contributed by atoms with E-state index >= 15 is 4.39 Å². The van der Waals surface area contributed by atoms with Crippen molar-refractivity contribution in [2.75, 3.05) is 5.32 Å². The summed E-state index contributed by atoms with van der Waals surface area (Å²) in [6, 6.07) is 7.16. The third-order valence-corrected chi connectivity index (χ3v) is 5.78. The molecule has 5 rings (SSSR count). The maximum absolute atomic E-state index is 15.4. The normalized spacial score (nSPS) is 13.4. The zero-order chi connectivity index (χ0) is 23.3. The molecule has 33 heavy (non-hydrogen) atoms. The molecule has 1 aliphatic carbocycles. The average Bonchev–Trinajstić information content (AvgIpc) is 3.46. The van der Waals surface area contributed by atoms with Gasteiger partial charge in [-0.3, -0.25) is 14.3 Å². The summed E-state index contributed by atoms with van der Waals surface area (Å²) in [6.07, 6.45) is 6.27. The van der Waals surface area contributed by atoms with Crippen molar-refractivity contribution in [3.8, 4) is 16.9 Å². The smallest absolute Gasteiger partial charge is 0.257 e. The lowest BCUT2D eigenvalue weighted by Gasteiger charge is -2.11. The number of amides is 1. The first-order valence-electron chi connectivity index (χ1n) is 10.5. The zero-order valence-corrected chi connectivity index (χ0v) is 17.7. The van der Waals surface area contributed by atoms with Crippen molar-refractivity contribution < 1.29 is 24.2 Å². The fourth-order valence-corrected chi connectivity index (χ4v) is 3.94. The molecule has 1 fully saturated rings. The van der Waals surface area contributed by atoms with Crippen LogP contribution in [0.25, 0.3) is 16.6 Å². The van der Waals surface area contributed by atoms with Crippen molar-refractivity contribution >= 4 is 22.9 Å². The second-order valence-electron chi connectivity index (χ2n) is 8.24. The van der Waals surface area contributed by atoms with E-state index in [1.165, 1.54) is 47.4 Å². The standard InChI is InChI=1S/C24H21FN4O4/c1-28-11-15(10-26-28)17-6-13(12-30)7-19(22(17)25)27-24(33)18-9-21(23(32)14-2-3-14)29-5-4-16(31)8-20(18)29/h4-11,14,30-31H,2-3,12H2,1H3,(H,27,33). The maximum atomic E-state index is 15.4. The van der Waals surface area contributed by atoms with Crippen molar-refractivity contribution in [3.63, 3.8) is 0 Å². The number of Topliss-reactive ketones (excluding diaryl/α,β-unsaturated/α-hetero) is 1. The molecule has 0 saturated heterocycles. The number of carbonyl (C=O) groups is 2. The van der Waals surface area contributed by atoms with Gasteiger partial charge in [0.15, 0.2) is 11.6 Å². The number of carbonyl (C=O) groups excluding carboxylic acids is 2. The van der Waals surface area contributed by atoms with Crippen LogP contribution in [-0.2, 0) is 13.7 Å². The van der Waals surface area contributed by atoms with E-state index in [-0.39, 0.29) is 40.9 Å². The van der Waals surface area contributed by atoms with Gasteiger partial charge < -0.3 is 19.9 Å². The van der Waals surface area contributed by atoms with Gasteiger partial charge in [-0.15, -0.1) is 0 Å². The quantitative estimate of drug-likeness (QED) is 0.391. The highest BCUT2D eigenvalue weighted by Crippen LogP contribution is 2.35. The number of nitrogens with one attached hydrogen (secondary N) is 1. The van der Waals surface area contributed by atoms with E-state index in [2.05, 4.69) is 10.4 Å². The molecule has 0 unspecified atom stereocenters. The monoisotopic (exact) mass is 448 g/mol. The number of aromatic nitrogens is 3. The Labute approximate surface area is 187 Å². The van der Waals surface area contributed by atoms with E-state index in [0.29, 0.717) is 22.3 Å². The van der Waals surface area contributed by atoms with Crippen molar-refractivity contribution in [2.45, 2.75) is 19.4 Å². The van der Waals surface area contributed by atoms with Crippen LogP contribution < -0.4 is 5.32 Å². The maximum Gasteiger partial charge on any atom is 0.257 e. The fraction of sp³-hybridized carbons (Fsp3) is 0.208. The predicted molar refractivity (Wildman–Crippen MR) is 119 cm³/mol. The van der Waals surface area contributed by atoms with Gasteiger partial charge in [0, 0.05) is 42.6 Å². The molecule has 3 aromatic heterocycles. The molecular formula is C24H21FN4O4. The molecule has 0 radical (unpaired) electrons. The van der Waals surface area contributed by atoms with Crippen molar-refractivity contribution in [1.29, 1.82) is 0 Å². The first kappa shape index (κ1) is 20.9. The summed E-state index contributed by atoms with van der Waals surface area (Å²) in [7, 11) is 1.70. The number of fused-ring (bicyclic) bond motifs is 1. The summed E-state index contributed by atoms with van der Waals surface area (Å²) < 4.78 is 18.4. The number of halogens is 1. The molecule has 3 N–H and O–H groups in total. The second-order valence-corrected chi connectivity index (χ2v) is 8.24. The van der Waals surface area contributed by atoms with Crippen molar-refractivity contribution in [3.05, 3.63) is 71.6 Å². The number of pyridine rings is 1. The summed E-state index contributed by atoms with van der Waals surface area (Å²) in [5, 5.41) is 26.2. The van der Waals surface area contributed by atoms with Gasteiger partial charge >= 0.3 is 0 Å². The number of rotatable bonds is 6. The minimum Gasteiger partial charge on any atom is -0.508 e. The van der Waals surface area contributed by atoms with E-state index in [1.807, 2.05) is 0 Å². The Morgan fingerprint density at radius 3 is 2.70 bits per heavy atom. The number of aliphatic hydroxyl groups excluding tert-OH is 1. The topological polar surface area (TPSA) is 109 Å². The Hall–Kier alpha value is -3.98. The molecule has 0 atom stereocenters. The van der Waals surface area contributed by atoms with E-state index in [9.17, 15) is 19.8 Å². The number of aliphatic hydroxyl groups is 1. The minimum absolute atomic E-state index is 0.0615. The summed E-state index contributed by atoms with van der Waals surface area (Å²) in [4.78, 5) is 25.9. The first-order valence-corrected chi connectivity index (χ1v) is 10.5. The highest BCUT2D eigenvalue weighted by molar-refractivity contribution is 6.12. The van der Waals surface area contributed by atoms with Crippen LogP contribution in [0, 0.1) is 11.7 Å². The molecule has 168 valence electrons. The van der Waals surface area contributed by atoms with Crippen molar-refractivity contribution in [1.82, 2.24) is 14.2 Å². The Balaban J connectivity index is 1.56. The largest absolute Gasteiger partial charge is 0.508 e. The molecule has 1 amide bonds. The minimum atomic E-state index is -0.672. The Kier molecular flexibility index (Phi) is 4.98. The van der Waals surface area contributed by atoms with E-state index in [4.69, 9.17) is 0 Å². The van der Waals surface area contributed by atoms with Gasteiger partial charge in [0.05, 0.1) is 35.3 Å². The van der Waals surface area contributed by atoms with E-state index < -0.39 is 11.7 Å². The summed E-state index contributed by atoms with van der Waals surface area (Å²) in [5.41, 5.74) is 1.80. The van der Waals surface area contributed by atoms with Gasteiger partial charge in [0.2, 0.25) is 0 Å². The van der Waals surface area contributed by atoms with Crippen LogP contribution in [0.4, 0.5) is 10.1 Å². The van der Waals surface area contributed by atoms with Crippen LogP contribution in [0.5, 0.6) is 5.75 Å². The van der Waals surface area contributed by atoms with E-state index in [0.717, 1.165) is 12.8 Å². The van der Waals surface area contributed by atoms with E-state index in [1.54, 1.807) is 17.6 Å². The first-order chi connectivity index (χ1) is 15.9. The molecule has 1 aromatic carbocycles. The second kappa shape index (κ2) is 7.86. The Morgan fingerprint density at radius 1 is 1.24 bits per heavy atom. The van der Waals surface area contributed by atoms with Crippen LogP contribution >= 0.6 is 0 Å². The van der Waals surface area contributed by atoms with Gasteiger partial charge in [-0.2, -0.15) is 5.10 Å². The molecular weight excluding hydrogens is 427 g/mol. The molecule has 8 nitrogen and oxygen atoms in total. The highest BCUT2D eigenvalue weighted by Gasteiger charge is 2.33. The number of aromatic hydroxyl groups is 1. The lowest BCUT2D eigenvalue weighted by atomic mass is 10.0. The van der Waals surface area contributed by atoms with Crippen LogP contribution in [0.2, 0.25) is 0 Å². The fourth-order valence-electron chi connectivity index (χ4n) is 3.94. The van der Waals surface area contributed by atoms with Crippen LogP contribution in [0.15, 0.2) is 48.9 Å². The van der Waals surface area contributed by atoms with Gasteiger partial charge in [0.25, 0.3) is 5.91 Å². The molecule has 4 aromatic rings. The molecule has 0 spiro atoms. The van der Waals surface area contributed by atoms with Crippen LogP contribution in [-0.4, -0.2) is 36.1 Å². The average molecular weight is 448 g/mol. The zero-order valence-electron chi connectivity index (χ0n) is 17.7. The number of nitrogens with zero attached hydrogens (tertiary/aromatic N) is 3. The third kappa shape index (κ3) is 3.76. The van der Waals surface area contributed by atoms with Gasteiger partial charge in [0.1, 0.15) is 5.75 Å². The lowest BCUT2D eigenvalue weighted by Crippen LogP contribution is -2.13. The number of anilines is 1. The summed E-state index contributed by atoms with van der Waals surface area (Å²) in [6.45, 7) is -0.348. The number of ketones is 1. The number of hydrogen-bond donors (Lipinski definition) is 3. The van der Waals surface area contributed by atoms with Gasteiger partial charge in [-0.1, -0.05) is 0 Å². The SMILES string of the molecule is Cn1cc(-c2cc(CO)cc(NC(=O)c3cc(C(=O)C4CC4)n4ccc(O)cc34)c2F)cn1. The number of aryl methyl sites for hydroxylation is 1. The predicted octanol–water partition coefficient (Wildman–Crippen LogP) is 3.52. The number of hydrogen-bond acceptors (Lipinski definition) is 5. The number of benzene rings is 1. The van der Waals surface area contributed by atoms with Gasteiger partial charge in [-0.25, -0.2) is 4.39 Å². The van der Waals surface area contributed by atoms with Crippen molar-refractivity contribution in [2.24, 2.45) is 13.0 Å². The Bertz CT molecular complexity index is 1420. The Morgan fingerprint density at radius 2 is 2.03 bits per heavy atom. The lowest BCUT2D eigenvalue weighted by molar-refractivity contribution is 0.0961. The van der Waals surface area contributed by atoms with Crippen LogP contribution in [0.3, 0.4) is 0 Å². The molecule has 1 aliphatic rings. The molecule has 1 saturated carbocycles. The van der Waals surface area contributed by atoms with Gasteiger partial charge in [-0.05, 0) is 42.7 Å². The molecule has 0 bridgehead atoms. The summed E-state index contributed by atoms with van der Waals surface area (Å²) in [5.74, 6) is -1.50. The summed E-state index contributed by atoms with van der Waals surface area (Å²) >= 11 is 0. The molecule has 9 heteroatoms. The highest BCUT2D eigenvalue weighted by atomic mass is 19.1.